The maximum Gasteiger partial charge on any atom is 0.323 e. The molecule has 5 heteroatoms. The molecule has 1 aromatic rings. The average molecular weight is 267 g/mol. The highest BCUT2D eigenvalue weighted by atomic mass is 32.2. The molecule has 2 rings (SSSR count). The Morgan fingerprint density at radius 3 is 2.78 bits per heavy atom. The van der Waals surface area contributed by atoms with Crippen LogP contribution in [0.4, 0.5) is 0 Å². The largest absolute Gasteiger partial charge is 0.468 e. The molecular formula is C13H17NO3S. The number of hydrogen-bond donors (Lipinski definition) is 1. The van der Waals surface area contributed by atoms with Crippen molar-refractivity contribution in [3.8, 4) is 0 Å². The zero-order chi connectivity index (χ0) is 13.1. The molecule has 0 spiro atoms. The van der Waals surface area contributed by atoms with Gasteiger partial charge in [0, 0.05) is 28.3 Å². The Balaban J connectivity index is 2.21. The lowest BCUT2D eigenvalue weighted by Gasteiger charge is -2.30. The van der Waals surface area contributed by atoms with Crippen LogP contribution in [0.1, 0.15) is 17.2 Å². The summed E-state index contributed by atoms with van der Waals surface area (Å²) in [6.07, 6.45) is 0. The molecule has 1 aliphatic rings. The fourth-order valence-corrected chi connectivity index (χ4v) is 3.60. The summed E-state index contributed by atoms with van der Waals surface area (Å²) in [6, 6.07) is 7.41. The number of esters is 1. The van der Waals surface area contributed by atoms with E-state index >= 15 is 0 Å². The van der Waals surface area contributed by atoms with Crippen molar-refractivity contribution in [2.24, 2.45) is 0 Å². The number of aryl methyl sites for hydroxylation is 1. The first kappa shape index (κ1) is 13.2. The van der Waals surface area contributed by atoms with E-state index < -0.39 is 16.8 Å². The van der Waals surface area contributed by atoms with Gasteiger partial charge in [0.1, 0.15) is 6.04 Å². The molecule has 0 aliphatic carbocycles. The molecule has 18 heavy (non-hydrogen) atoms. The van der Waals surface area contributed by atoms with E-state index in [0.29, 0.717) is 11.5 Å². The summed E-state index contributed by atoms with van der Waals surface area (Å²) in [5.41, 5.74) is 2.23. The van der Waals surface area contributed by atoms with Crippen LogP contribution in [-0.4, -0.2) is 34.8 Å². The number of hydrogen-bond acceptors (Lipinski definition) is 4. The first-order valence-electron chi connectivity index (χ1n) is 5.86. The molecular weight excluding hydrogens is 250 g/mol. The molecule has 1 saturated heterocycles. The lowest BCUT2D eigenvalue weighted by molar-refractivity contribution is -0.142. The van der Waals surface area contributed by atoms with Crippen molar-refractivity contribution in [2.45, 2.75) is 19.0 Å². The van der Waals surface area contributed by atoms with Crippen molar-refractivity contribution < 1.29 is 13.7 Å². The molecule has 0 amide bonds. The predicted molar refractivity (Wildman–Crippen MR) is 70.7 cm³/mol. The lowest BCUT2D eigenvalue weighted by Crippen LogP contribution is -2.49. The summed E-state index contributed by atoms with van der Waals surface area (Å²) < 4.78 is 16.6. The Kier molecular flexibility index (Phi) is 4.14. The third-order valence-corrected chi connectivity index (χ3v) is 4.57. The van der Waals surface area contributed by atoms with Gasteiger partial charge in [0.2, 0.25) is 0 Å². The summed E-state index contributed by atoms with van der Waals surface area (Å²) in [4.78, 5) is 11.6. The molecule has 1 aliphatic heterocycles. The summed E-state index contributed by atoms with van der Waals surface area (Å²) in [7, 11) is 0.357. The minimum atomic E-state index is -0.995. The molecule has 3 atom stereocenters. The highest BCUT2D eigenvalue weighted by Crippen LogP contribution is 2.22. The molecule has 4 nitrogen and oxygen atoms in total. The second-order valence-electron chi connectivity index (χ2n) is 4.42. The molecule has 1 aromatic carbocycles. The second kappa shape index (κ2) is 5.63. The number of nitrogens with one attached hydrogen (secondary N) is 1. The van der Waals surface area contributed by atoms with Gasteiger partial charge in [0.05, 0.1) is 7.11 Å². The third kappa shape index (κ3) is 2.79. The van der Waals surface area contributed by atoms with Crippen molar-refractivity contribution >= 4 is 16.8 Å². The van der Waals surface area contributed by atoms with Crippen LogP contribution < -0.4 is 5.32 Å². The molecule has 1 N–H and O–H groups in total. The van der Waals surface area contributed by atoms with Crippen LogP contribution >= 0.6 is 0 Å². The number of methoxy groups -OCH3 is 1. The summed E-state index contributed by atoms with van der Waals surface area (Å²) >= 11 is 0. The van der Waals surface area contributed by atoms with Gasteiger partial charge in [-0.05, 0) is 18.1 Å². The Bertz CT molecular complexity index is 475. The highest BCUT2D eigenvalue weighted by Gasteiger charge is 2.32. The van der Waals surface area contributed by atoms with E-state index in [-0.39, 0.29) is 12.0 Å². The first-order chi connectivity index (χ1) is 8.61. The second-order valence-corrected chi connectivity index (χ2v) is 5.97. The van der Waals surface area contributed by atoms with Crippen LogP contribution in [0.25, 0.3) is 0 Å². The van der Waals surface area contributed by atoms with Crippen molar-refractivity contribution in [1.82, 2.24) is 5.32 Å². The van der Waals surface area contributed by atoms with E-state index in [1.54, 1.807) is 0 Å². The van der Waals surface area contributed by atoms with Gasteiger partial charge in [-0.1, -0.05) is 24.3 Å². The Morgan fingerprint density at radius 1 is 1.39 bits per heavy atom. The van der Waals surface area contributed by atoms with Crippen LogP contribution in [0.3, 0.4) is 0 Å². The first-order valence-corrected chi connectivity index (χ1v) is 7.35. The number of benzene rings is 1. The summed E-state index contributed by atoms with van der Waals surface area (Å²) in [6.45, 7) is 2.02. The van der Waals surface area contributed by atoms with Crippen molar-refractivity contribution in [3.63, 3.8) is 0 Å². The zero-order valence-corrected chi connectivity index (χ0v) is 11.3. The molecule has 1 fully saturated rings. The number of carbonyl (C=O) groups excluding carboxylic acids is 1. The minimum absolute atomic E-state index is 0.0510. The van der Waals surface area contributed by atoms with Gasteiger partial charge < -0.3 is 4.74 Å². The fourth-order valence-electron chi connectivity index (χ4n) is 2.21. The van der Waals surface area contributed by atoms with E-state index in [1.165, 1.54) is 7.11 Å². The van der Waals surface area contributed by atoms with Crippen LogP contribution in [0.5, 0.6) is 0 Å². The standard InChI is InChI=1S/C13H17NO3S/c1-9-5-3-4-6-10(9)11-7-18(16)8-12(14-11)13(15)17-2/h3-6,11-12,14H,7-8H2,1-2H3. The monoisotopic (exact) mass is 267 g/mol. The van der Waals surface area contributed by atoms with Gasteiger partial charge in [-0.15, -0.1) is 0 Å². The predicted octanol–water partition coefficient (Wildman–Crippen LogP) is 0.930. The molecule has 0 saturated carbocycles. The average Bonchev–Trinajstić information content (AvgIpc) is 2.37. The zero-order valence-electron chi connectivity index (χ0n) is 10.5. The van der Waals surface area contributed by atoms with Gasteiger partial charge in [-0.25, -0.2) is 0 Å². The number of rotatable bonds is 2. The van der Waals surface area contributed by atoms with Crippen molar-refractivity contribution in [1.29, 1.82) is 0 Å². The highest BCUT2D eigenvalue weighted by molar-refractivity contribution is 7.85. The normalized spacial score (nSPS) is 27.8. The quantitative estimate of drug-likeness (QED) is 0.810. The van der Waals surface area contributed by atoms with E-state index in [9.17, 15) is 9.00 Å². The molecule has 98 valence electrons. The van der Waals surface area contributed by atoms with Gasteiger partial charge in [-0.2, -0.15) is 0 Å². The third-order valence-electron chi connectivity index (χ3n) is 3.16. The van der Waals surface area contributed by atoms with E-state index in [4.69, 9.17) is 4.74 Å². The summed E-state index contributed by atoms with van der Waals surface area (Å²) in [5.74, 6) is 0.523. The van der Waals surface area contributed by atoms with Crippen LogP contribution in [-0.2, 0) is 20.3 Å². The van der Waals surface area contributed by atoms with Crippen LogP contribution in [0.15, 0.2) is 24.3 Å². The summed E-state index contributed by atoms with van der Waals surface area (Å²) in [5, 5.41) is 3.22. The van der Waals surface area contributed by atoms with E-state index in [2.05, 4.69) is 5.32 Å². The topological polar surface area (TPSA) is 55.4 Å². The molecule has 0 radical (unpaired) electrons. The number of ether oxygens (including phenoxy) is 1. The van der Waals surface area contributed by atoms with Gasteiger partial charge in [-0.3, -0.25) is 14.3 Å². The maximum atomic E-state index is 11.9. The number of carbonyl (C=O) groups is 1. The molecule has 0 bridgehead atoms. The Morgan fingerprint density at radius 2 is 2.11 bits per heavy atom. The Hall–Kier alpha value is -1.20. The Labute approximate surface area is 109 Å². The molecule has 0 aromatic heterocycles. The van der Waals surface area contributed by atoms with E-state index in [0.717, 1.165) is 11.1 Å². The molecule has 1 heterocycles. The van der Waals surface area contributed by atoms with Gasteiger partial charge >= 0.3 is 5.97 Å². The van der Waals surface area contributed by atoms with Crippen molar-refractivity contribution in [2.75, 3.05) is 18.6 Å². The fraction of sp³-hybridized carbons (Fsp3) is 0.462. The minimum Gasteiger partial charge on any atom is -0.468 e. The van der Waals surface area contributed by atoms with Gasteiger partial charge in [0.15, 0.2) is 0 Å². The maximum absolute atomic E-state index is 11.9. The van der Waals surface area contributed by atoms with Crippen molar-refractivity contribution in [3.05, 3.63) is 35.4 Å². The van der Waals surface area contributed by atoms with E-state index in [1.807, 2.05) is 31.2 Å². The molecule has 3 unspecified atom stereocenters. The smallest absolute Gasteiger partial charge is 0.323 e. The van der Waals surface area contributed by atoms with Crippen LogP contribution in [0.2, 0.25) is 0 Å². The van der Waals surface area contributed by atoms with Crippen LogP contribution in [0, 0.1) is 6.92 Å². The SMILES string of the molecule is COC(=O)C1CS(=O)CC(c2ccccc2C)N1. The van der Waals surface area contributed by atoms with Gasteiger partial charge in [0.25, 0.3) is 0 Å². The lowest BCUT2D eigenvalue weighted by atomic mass is 10.0.